The first kappa shape index (κ1) is 11.4. The molecule has 3 aromatic rings. The first-order chi connectivity index (χ1) is 8.74. The van der Waals surface area contributed by atoms with Gasteiger partial charge in [0.1, 0.15) is 5.01 Å². The second-order valence-electron chi connectivity index (χ2n) is 4.77. The molecule has 0 aliphatic carbocycles. The van der Waals surface area contributed by atoms with Gasteiger partial charge in [0, 0.05) is 5.56 Å². The Labute approximate surface area is 111 Å². The lowest BCUT2D eigenvalue weighted by molar-refractivity contribution is 0.868. The number of benzene rings is 2. The standard InChI is InChI=1S/C16H15NS/c1-11(2)13-8-9-15-14(10-13)17-16(18-15)12-6-4-3-5-7-12/h3-11H,1-2H3. The van der Waals surface area contributed by atoms with E-state index in [1.807, 2.05) is 6.07 Å². The normalized spacial score (nSPS) is 11.3. The van der Waals surface area contributed by atoms with Gasteiger partial charge in [0.05, 0.1) is 10.2 Å². The van der Waals surface area contributed by atoms with E-state index in [2.05, 4.69) is 56.3 Å². The van der Waals surface area contributed by atoms with E-state index < -0.39 is 0 Å². The van der Waals surface area contributed by atoms with Gasteiger partial charge in [0.2, 0.25) is 0 Å². The molecule has 3 rings (SSSR count). The summed E-state index contributed by atoms with van der Waals surface area (Å²) in [4.78, 5) is 4.74. The van der Waals surface area contributed by atoms with E-state index in [1.54, 1.807) is 11.3 Å². The summed E-state index contributed by atoms with van der Waals surface area (Å²) in [5, 5.41) is 1.10. The van der Waals surface area contributed by atoms with Gasteiger partial charge in [-0.15, -0.1) is 11.3 Å². The first-order valence-electron chi connectivity index (χ1n) is 6.20. The van der Waals surface area contributed by atoms with Crippen LogP contribution in [0.5, 0.6) is 0 Å². The number of nitrogens with zero attached hydrogens (tertiary/aromatic N) is 1. The quantitative estimate of drug-likeness (QED) is 0.620. The van der Waals surface area contributed by atoms with E-state index in [0.29, 0.717) is 5.92 Å². The molecule has 90 valence electrons. The summed E-state index contributed by atoms with van der Waals surface area (Å²) in [5.74, 6) is 0.552. The Hall–Kier alpha value is -1.67. The van der Waals surface area contributed by atoms with Gasteiger partial charge in [-0.25, -0.2) is 4.98 Å². The minimum absolute atomic E-state index is 0.552. The number of hydrogen-bond acceptors (Lipinski definition) is 2. The topological polar surface area (TPSA) is 12.9 Å². The Kier molecular flexibility index (Phi) is 2.88. The van der Waals surface area contributed by atoms with Crippen LogP contribution in [0.4, 0.5) is 0 Å². The number of hydrogen-bond donors (Lipinski definition) is 0. The van der Waals surface area contributed by atoms with Crippen LogP contribution in [0.2, 0.25) is 0 Å². The van der Waals surface area contributed by atoms with Gasteiger partial charge < -0.3 is 0 Å². The van der Waals surface area contributed by atoms with Crippen LogP contribution in [0.3, 0.4) is 0 Å². The summed E-state index contributed by atoms with van der Waals surface area (Å²) in [6, 6.07) is 17.0. The molecule has 0 aliphatic rings. The Morgan fingerprint density at radius 3 is 2.50 bits per heavy atom. The van der Waals surface area contributed by atoms with Gasteiger partial charge in [-0.3, -0.25) is 0 Å². The van der Waals surface area contributed by atoms with Crippen molar-refractivity contribution in [2.75, 3.05) is 0 Å². The lowest BCUT2D eigenvalue weighted by Crippen LogP contribution is -1.85. The first-order valence-corrected chi connectivity index (χ1v) is 7.01. The maximum atomic E-state index is 4.74. The smallest absolute Gasteiger partial charge is 0.124 e. The molecule has 18 heavy (non-hydrogen) atoms. The molecule has 0 unspecified atom stereocenters. The number of fused-ring (bicyclic) bond motifs is 1. The molecule has 0 fully saturated rings. The van der Waals surface area contributed by atoms with Gasteiger partial charge in [0.15, 0.2) is 0 Å². The van der Waals surface area contributed by atoms with Gasteiger partial charge in [-0.05, 0) is 23.6 Å². The van der Waals surface area contributed by atoms with E-state index >= 15 is 0 Å². The molecule has 0 amide bonds. The molecule has 1 aromatic heterocycles. The zero-order chi connectivity index (χ0) is 12.5. The van der Waals surface area contributed by atoms with Crippen LogP contribution in [-0.2, 0) is 0 Å². The lowest BCUT2D eigenvalue weighted by atomic mass is 10.0. The molecule has 2 heteroatoms. The van der Waals surface area contributed by atoms with Crippen LogP contribution in [-0.4, -0.2) is 4.98 Å². The van der Waals surface area contributed by atoms with Crippen molar-refractivity contribution in [3.05, 3.63) is 54.1 Å². The molecular weight excluding hydrogens is 238 g/mol. The molecular formula is C16H15NS. The summed E-state index contributed by atoms with van der Waals surface area (Å²) in [6.07, 6.45) is 0. The van der Waals surface area contributed by atoms with Crippen molar-refractivity contribution in [2.45, 2.75) is 19.8 Å². The van der Waals surface area contributed by atoms with Crippen LogP contribution in [0, 0.1) is 0 Å². The van der Waals surface area contributed by atoms with E-state index in [-0.39, 0.29) is 0 Å². The van der Waals surface area contributed by atoms with Crippen molar-refractivity contribution >= 4 is 21.6 Å². The van der Waals surface area contributed by atoms with Crippen LogP contribution in [0.25, 0.3) is 20.8 Å². The summed E-state index contributed by atoms with van der Waals surface area (Å²) in [5.41, 5.74) is 3.67. The second kappa shape index (κ2) is 4.54. The molecule has 0 bridgehead atoms. The van der Waals surface area contributed by atoms with Crippen molar-refractivity contribution in [2.24, 2.45) is 0 Å². The van der Waals surface area contributed by atoms with Crippen molar-refractivity contribution < 1.29 is 0 Å². The van der Waals surface area contributed by atoms with Gasteiger partial charge in [0.25, 0.3) is 0 Å². The Morgan fingerprint density at radius 1 is 1.00 bits per heavy atom. The largest absolute Gasteiger partial charge is 0.236 e. The monoisotopic (exact) mass is 253 g/mol. The molecule has 2 aromatic carbocycles. The third kappa shape index (κ3) is 2.04. The lowest BCUT2D eigenvalue weighted by Gasteiger charge is -2.03. The van der Waals surface area contributed by atoms with Crippen molar-refractivity contribution in [3.8, 4) is 10.6 Å². The molecule has 1 heterocycles. The highest BCUT2D eigenvalue weighted by molar-refractivity contribution is 7.21. The number of thiazole rings is 1. The fourth-order valence-electron chi connectivity index (χ4n) is 2.01. The summed E-state index contributed by atoms with van der Waals surface area (Å²) in [6.45, 7) is 4.43. The maximum Gasteiger partial charge on any atom is 0.124 e. The molecule has 0 saturated carbocycles. The van der Waals surface area contributed by atoms with Crippen molar-refractivity contribution in [3.63, 3.8) is 0 Å². The summed E-state index contributed by atoms with van der Waals surface area (Å²) >= 11 is 1.76. The highest BCUT2D eigenvalue weighted by Crippen LogP contribution is 2.31. The molecule has 0 atom stereocenters. The highest BCUT2D eigenvalue weighted by atomic mass is 32.1. The SMILES string of the molecule is CC(C)c1ccc2sc(-c3ccccc3)nc2c1. The number of aromatic nitrogens is 1. The maximum absolute atomic E-state index is 4.74. The Balaban J connectivity index is 2.11. The van der Waals surface area contributed by atoms with Gasteiger partial charge in [-0.2, -0.15) is 0 Å². The van der Waals surface area contributed by atoms with E-state index in [4.69, 9.17) is 4.98 Å². The average molecular weight is 253 g/mol. The zero-order valence-corrected chi connectivity index (χ0v) is 11.4. The Morgan fingerprint density at radius 2 is 1.78 bits per heavy atom. The minimum atomic E-state index is 0.552. The van der Waals surface area contributed by atoms with E-state index in [9.17, 15) is 0 Å². The third-order valence-corrected chi connectivity index (χ3v) is 4.18. The highest BCUT2D eigenvalue weighted by Gasteiger charge is 2.07. The molecule has 0 saturated heterocycles. The number of rotatable bonds is 2. The van der Waals surface area contributed by atoms with Gasteiger partial charge in [-0.1, -0.05) is 50.2 Å². The van der Waals surface area contributed by atoms with Crippen LogP contribution >= 0.6 is 11.3 Å². The predicted octanol–water partition coefficient (Wildman–Crippen LogP) is 5.09. The van der Waals surface area contributed by atoms with Crippen LogP contribution < -0.4 is 0 Å². The third-order valence-electron chi connectivity index (χ3n) is 3.10. The molecule has 0 aliphatic heterocycles. The second-order valence-corrected chi connectivity index (χ2v) is 5.80. The van der Waals surface area contributed by atoms with Gasteiger partial charge >= 0.3 is 0 Å². The fraction of sp³-hybridized carbons (Fsp3) is 0.188. The van der Waals surface area contributed by atoms with E-state index in [0.717, 1.165) is 10.5 Å². The predicted molar refractivity (Wildman–Crippen MR) is 79.1 cm³/mol. The van der Waals surface area contributed by atoms with Crippen LogP contribution in [0.15, 0.2) is 48.5 Å². The van der Waals surface area contributed by atoms with E-state index in [1.165, 1.54) is 15.8 Å². The van der Waals surface area contributed by atoms with Crippen molar-refractivity contribution in [1.82, 2.24) is 4.98 Å². The zero-order valence-electron chi connectivity index (χ0n) is 10.6. The molecule has 0 spiro atoms. The Bertz CT molecular complexity index is 668. The van der Waals surface area contributed by atoms with Crippen LogP contribution in [0.1, 0.15) is 25.3 Å². The fourth-order valence-corrected chi connectivity index (χ4v) is 2.96. The molecule has 1 nitrogen and oxygen atoms in total. The molecule has 0 N–H and O–H groups in total. The average Bonchev–Trinajstić information content (AvgIpc) is 2.82. The van der Waals surface area contributed by atoms with Crippen molar-refractivity contribution in [1.29, 1.82) is 0 Å². The summed E-state index contributed by atoms with van der Waals surface area (Å²) < 4.78 is 1.26. The summed E-state index contributed by atoms with van der Waals surface area (Å²) in [7, 11) is 0. The minimum Gasteiger partial charge on any atom is -0.236 e. The molecule has 0 radical (unpaired) electrons.